The van der Waals surface area contributed by atoms with Crippen molar-refractivity contribution in [3.8, 4) is 10.8 Å². The third-order valence-electron chi connectivity index (χ3n) is 2.36. The molecule has 0 aromatic carbocycles. The second-order valence-corrected chi connectivity index (χ2v) is 6.45. The quantitative estimate of drug-likeness (QED) is 0.866. The first-order valence-corrected chi connectivity index (χ1v) is 7.14. The van der Waals surface area contributed by atoms with Crippen molar-refractivity contribution < 1.29 is 14.3 Å². The Bertz CT molecular complexity index is 569. The van der Waals surface area contributed by atoms with Crippen LogP contribution in [0.25, 0.3) is 10.8 Å². The van der Waals surface area contributed by atoms with Crippen LogP contribution in [0.4, 0.5) is 0 Å². The predicted molar refractivity (Wildman–Crippen MR) is 73.9 cm³/mol. The van der Waals surface area contributed by atoms with Crippen molar-refractivity contribution in [3.63, 3.8) is 0 Å². The molecule has 19 heavy (non-hydrogen) atoms. The third kappa shape index (κ3) is 4.12. The molecule has 0 amide bonds. The molecule has 0 bridgehead atoms. The van der Waals surface area contributed by atoms with Crippen LogP contribution in [0.3, 0.4) is 0 Å². The van der Waals surface area contributed by atoms with Crippen molar-refractivity contribution in [2.75, 3.05) is 13.6 Å². The first kappa shape index (κ1) is 14.2. The van der Waals surface area contributed by atoms with Gasteiger partial charge in [-0.3, -0.25) is 9.69 Å². The monoisotopic (exact) mass is 345 g/mol. The molecular formula is C11H12BrN3O3S. The van der Waals surface area contributed by atoms with Gasteiger partial charge in [0.15, 0.2) is 0 Å². The van der Waals surface area contributed by atoms with Crippen LogP contribution in [0.1, 0.15) is 12.3 Å². The van der Waals surface area contributed by atoms with Crippen LogP contribution in [0.2, 0.25) is 0 Å². The number of carboxylic acids is 1. The zero-order chi connectivity index (χ0) is 13.8. The van der Waals surface area contributed by atoms with Crippen molar-refractivity contribution >= 4 is 33.2 Å². The Morgan fingerprint density at radius 1 is 1.53 bits per heavy atom. The van der Waals surface area contributed by atoms with E-state index in [0.29, 0.717) is 24.9 Å². The Labute approximate surface area is 122 Å². The summed E-state index contributed by atoms with van der Waals surface area (Å²) in [5.74, 6) is 0.145. The van der Waals surface area contributed by atoms with Crippen molar-refractivity contribution in [2.45, 2.75) is 13.0 Å². The summed E-state index contributed by atoms with van der Waals surface area (Å²) in [6.45, 7) is 0.879. The van der Waals surface area contributed by atoms with Gasteiger partial charge < -0.3 is 9.52 Å². The molecule has 2 heterocycles. The topological polar surface area (TPSA) is 79.5 Å². The van der Waals surface area contributed by atoms with E-state index in [1.807, 2.05) is 24.1 Å². The summed E-state index contributed by atoms with van der Waals surface area (Å²) < 4.78 is 6.54. The van der Waals surface area contributed by atoms with E-state index in [9.17, 15) is 4.79 Å². The SMILES string of the molecule is CN(CCC(=O)O)Cc1nnc(-c2ccc(Br)s2)o1. The first-order chi connectivity index (χ1) is 9.04. The van der Waals surface area contributed by atoms with Gasteiger partial charge in [-0.1, -0.05) is 0 Å². The summed E-state index contributed by atoms with van der Waals surface area (Å²) in [5.41, 5.74) is 0. The van der Waals surface area contributed by atoms with Gasteiger partial charge in [0.05, 0.1) is 21.6 Å². The molecular weight excluding hydrogens is 334 g/mol. The molecule has 0 fully saturated rings. The normalized spacial score (nSPS) is 11.1. The first-order valence-electron chi connectivity index (χ1n) is 5.53. The minimum Gasteiger partial charge on any atom is -0.481 e. The summed E-state index contributed by atoms with van der Waals surface area (Å²) in [4.78, 5) is 13.2. The zero-order valence-corrected chi connectivity index (χ0v) is 12.6. The van der Waals surface area contributed by atoms with E-state index in [-0.39, 0.29) is 6.42 Å². The number of carbonyl (C=O) groups is 1. The molecule has 0 spiro atoms. The number of hydrogen-bond acceptors (Lipinski definition) is 6. The molecule has 0 atom stereocenters. The fraction of sp³-hybridized carbons (Fsp3) is 0.364. The van der Waals surface area contributed by atoms with Crippen LogP contribution in [0.15, 0.2) is 20.3 Å². The minimum absolute atomic E-state index is 0.0926. The van der Waals surface area contributed by atoms with E-state index in [1.54, 1.807) is 0 Å². The van der Waals surface area contributed by atoms with Crippen LogP contribution in [0.5, 0.6) is 0 Å². The highest BCUT2D eigenvalue weighted by Gasteiger charge is 2.12. The number of aromatic nitrogens is 2. The second-order valence-electron chi connectivity index (χ2n) is 3.99. The number of carboxylic acid groups (broad SMARTS) is 1. The van der Waals surface area contributed by atoms with E-state index >= 15 is 0 Å². The Morgan fingerprint density at radius 3 is 2.95 bits per heavy atom. The lowest BCUT2D eigenvalue weighted by Gasteiger charge is -2.11. The molecule has 6 nitrogen and oxygen atoms in total. The molecule has 2 aromatic rings. The molecule has 0 unspecified atom stereocenters. The average molecular weight is 346 g/mol. The molecule has 0 aliphatic rings. The maximum absolute atomic E-state index is 10.5. The lowest BCUT2D eigenvalue weighted by Crippen LogP contribution is -2.21. The van der Waals surface area contributed by atoms with Gasteiger partial charge in [0.1, 0.15) is 0 Å². The van der Waals surface area contributed by atoms with Gasteiger partial charge in [0.2, 0.25) is 5.89 Å². The van der Waals surface area contributed by atoms with Gasteiger partial charge in [-0.05, 0) is 35.1 Å². The zero-order valence-electron chi connectivity index (χ0n) is 10.2. The van der Waals surface area contributed by atoms with Crippen LogP contribution >= 0.6 is 27.3 Å². The summed E-state index contributed by atoms with van der Waals surface area (Å²) in [5, 5.41) is 16.5. The number of nitrogens with zero attached hydrogens (tertiary/aromatic N) is 3. The maximum atomic E-state index is 10.5. The van der Waals surface area contributed by atoms with Gasteiger partial charge in [0, 0.05) is 6.54 Å². The van der Waals surface area contributed by atoms with Crippen molar-refractivity contribution in [3.05, 3.63) is 21.8 Å². The molecule has 0 aliphatic carbocycles. The Morgan fingerprint density at radius 2 is 2.32 bits per heavy atom. The summed E-state index contributed by atoms with van der Waals surface area (Å²) in [6, 6.07) is 3.82. The van der Waals surface area contributed by atoms with Crippen molar-refractivity contribution in [1.29, 1.82) is 0 Å². The minimum atomic E-state index is -0.818. The van der Waals surface area contributed by atoms with E-state index < -0.39 is 5.97 Å². The number of aliphatic carboxylic acids is 1. The largest absolute Gasteiger partial charge is 0.481 e. The molecule has 8 heteroatoms. The summed E-state index contributed by atoms with van der Waals surface area (Å²) in [6.07, 6.45) is 0.0926. The Hall–Kier alpha value is -1.25. The summed E-state index contributed by atoms with van der Waals surface area (Å²) >= 11 is 4.89. The molecule has 0 saturated heterocycles. The molecule has 1 N–H and O–H groups in total. The van der Waals surface area contributed by atoms with Crippen LogP contribution < -0.4 is 0 Å². The fourth-order valence-electron chi connectivity index (χ4n) is 1.44. The van der Waals surface area contributed by atoms with Gasteiger partial charge in [-0.15, -0.1) is 21.5 Å². The molecule has 2 aromatic heterocycles. The number of halogens is 1. The Balaban J connectivity index is 1.95. The van der Waals surface area contributed by atoms with Gasteiger partial charge >= 0.3 is 5.97 Å². The van der Waals surface area contributed by atoms with Crippen molar-refractivity contribution in [2.24, 2.45) is 0 Å². The lowest BCUT2D eigenvalue weighted by atomic mass is 10.4. The van der Waals surface area contributed by atoms with E-state index in [2.05, 4.69) is 26.1 Å². The van der Waals surface area contributed by atoms with Gasteiger partial charge in [-0.2, -0.15) is 0 Å². The number of rotatable bonds is 6. The van der Waals surface area contributed by atoms with Crippen molar-refractivity contribution in [1.82, 2.24) is 15.1 Å². The van der Waals surface area contributed by atoms with Crippen LogP contribution in [0, 0.1) is 0 Å². The van der Waals surface area contributed by atoms with E-state index in [1.165, 1.54) is 11.3 Å². The molecule has 2 rings (SSSR count). The van der Waals surface area contributed by atoms with Crippen LogP contribution in [-0.4, -0.2) is 39.8 Å². The van der Waals surface area contributed by atoms with Gasteiger partial charge in [0.25, 0.3) is 5.89 Å². The highest BCUT2D eigenvalue weighted by molar-refractivity contribution is 9.11. The Kier molecular flexibility index (Phi) is 4.67. The molecule has 0 saturated carbocycles. The molecule has 0 aliphatic heterocycles. The third-order valence-corrected chi connectivity index (χ3v) is 3.98. The number of hydrogen-bond donors (Lipinski definition) is 1. The van der Waals surface area contributed by atoms with Crippen LogP contribution in [-0.2, 0) is 11.3 Å². The molecule has 0 radical (unpaired) electrons. The van der Waals surface area contributed by atoms with Gasteiger partial charge in [-0.25, -0.2) is 0 Å². The maximum Gasteiger partial charge on any atom is 0.304 e. The highest BCUT2D eigenvalue weighted by Crippen LogP contribution is 2.30. The summed E-state index contributed by atoms with van der Waals surface area (Å²) in [7, 11) is 1.81. The lowest BCUT2D eigenvalue weighted by molar-refractivity contribution is -0.137. The highest BCUT2D eigenvalue weighted by atomic mass is 79.9. The predicted octanol–water partition coefficient (Wildman–Crippen LogP) is 2.47. The standard InChI is InChI=1S/C11H12BrN3O3S/c1-15(5-4-10(16)17)6-9-13-14-11(18-9)7-2-3-8(12)19-7/h2-3H,4-6H2,1H3,(H,16,17). The molecule has 102 valence electrons. The van der Waals surface area contributed by atoms with E-state index in [0.717, 1.165) is 8.66 Å². The fourth-order valence-corrected chi connectivity index (χ4v) is 2.75. The smallest absolute Gasteiger partial charge is 0.304 e. The average Bonchev–Trinajstić information content (AvgIpc) is 2.95. The van der Waals surface area contributed by atoms with E-state index in [4.69, 9.17) is 9.52 Å². The number of thiophene rings is 1. The second kappa shape index (κ2) is 6.27.